The first kappa shape index (κ1) is 39.4. The number of anilines is 1. The molecule has 3 aromatic heterocycles. The van der Waals surface area contributed by atoms with Gasteiger partial charge in [-0.1, -0.05) is 29.3 Å². The first-order valence-electron chi connectivity index (χ1n) is 18.8. The lowest BCUT2D eigenvalue weighted by Crippen LogP contribution is -2.43. The molecule has 0 bridgehead atoms. The van der Waals surface area contributed by atoms with Gasteiger partial charge in [-0.3, -0.25) is 9.89 Å². The maximum atomic E-state index is 15.3. The van der Waals surface area contributed by atoms with Gasteiger partial charge >= 0.3 is 5.97 Å². The molecule has 13 heteroatoms. The summed E-state index contributed by atoms with van der Waals surface area (Å²) in [6.07, 6.45) is 1.20. The van der Waals surface area contributed by atoms with E-state index in [1.807, 2.05) is 75.9 Å². The number of aromatic nitrogens is 4. The quantitative estimate of drug-likeness (QED) is 0.105. The molecule has 0 spiro atoms. The number of aromatic carboxylic acids is 1. The third kappa shape index (κ3) is 7.06. The van der Waals surface area contributed by atoms with Gasteiger partial charge < -0.3 is 33.4 Å². The van der Waals surface area contributed by atoms with E-state index in [-0.39, 0.29) is 30.8 Å². The van der Waals surface area contributed by atoms with Crippen molar-refractivity contribution in [3.05, 3.63) is 97.5 Å². The number of hydrogen-bond acceptors (Lipinski definition) is 6. The molecule has 0 radical (unpaired) electrons. The molecule has 6 aromatic rings. The van der Waals surface area contributed by atoms with E-state index in [9.17, 15) is 9.90 Å². The lowest BCUT2D eigenvalue weighted by atomic mass is 9.98. The fourth-order valence-electron chi connectivity index (χ4n) is 8.27. The zero-order chi connectivity index (χ0) is 40.0. The highest BCUT2D eigenvalue weighted by atomic mass is 35.5. The molecule has 4 heterocycles. The minimum Gasteiger partial charge on any atom is -0.494 e. The van der Waals surface area contributed by atoms with E-state index in [1.165, 1.54) is 0 Å². The first-order valence-corrected chi connectivity index (χ1v) is 19.6. The van der Waals surface area contributed by atoms with Crippen molar-refractivity contribution < 1.29 is 28.9 Å². The van der Waals surface area contributed by atoms with Crippen LogP contribution in [0.15, 0.2) is 42.5 Å². The van der Waals surface area contributed by atoms with Crippen molar-refractivity contribution in [2.75, 3.05) is 45.0 Å². The molecule has 0 saturated heterocycles. The fraction of sp³-hybridized carbons (Fsp3) is 0.372. The highest BCUT2D eigenvalue weighted by Gasteiger charge is 2.38. The summed E-state index contributed by atoms with van der Waals surface area (Å²) in [7, 11) is 1.60. The largest absolute Gasteiger partial charge is 0.494 e. The smallest absolute Gasteiger partial charge is 0.352 e. The van der Waals surface area contributed by atoms with Crippen LogP contribution in [0.2, 0.25) is 10.0 Å². The predicted molar refractivity (Wildman–Crippen MR) is 221 cm³/mol. The third-order valence-electron chi connectivity index (χ3n) is 10.7. The van der Waals surface area contributed by atoms with Crippen molar-refractivity contribution in [3.63, 3.8) is 0 Å². The van der Waals surface area contributed by atoms with Gasteiger partial charge in [-0.15, -0.1) is 0 Å². The maximum Gasteiger partial charge on any atom is 0.352 e. The van der Waals surface area contributed by atoms with Crippen LogP contribution in [0.1, 0.15) is 74.0 Å². The minimum atomic E-state index is -1.05. The molecule has 1 aliphatic heterocycles. The van der Waals surface area contributed by atoms with E-state index in [0.717, 1.165) is 71.8 Å². The summed E-state index contributed by atoms with van der Waals surface area (Å²) in [6, 6.07) is 13.2. The Balaban J connectivity index is 1.36. The Bertz CT molecular complexity index is 2460. The molecule has 0 saturated carbocycles. The van der Waals surface area contributed by atoms with Crippen molar-refractivity contribution in [3.8, 4) is 16.9 Å². The van der Waals surface area contributed by atoms with E-state index in [4.69, 9.17) is 37.4 Å². The van der Waals surface area contributed by atoms with E-state index in [2.05, 4.69) is 21.7 Å². The molecular weight excluding hydrogens is 753 g/mol. The van der Waals surface area contributed by atoms with Crippen LogP contribution in [0.25, 0.3) is 32.9 Å². The van der Waals surface area contributed by atoms with Crippen molar-refractivity contribution in [2.45, 2.75) is 67.0 Å². The highest BCUT2D eigenvalue weighted by molar-refractivity contribution is 6.35. The average molecular weight is 801 g/mol. The second kappa shape index (κ2) is 16.0. The molecule has 56 heavy (non-hydrogen) atoms. The number of H-pyrrole nitrogens is 1. The predicted octanol–water partition coefficient (Wildman–Crippen LogP) is 9.43. The molecule has 2 N–H and O–H groups in total. The summed E-state index contributed by atoms with van der Waals surface area (Å²) in [5.41, 5.74) is 10.1. The van der Waals surface area contributed by atoms with E-state index < -0.39 is 5.97 Å². The number of ether oxygens (including phenoxy) is 3. The summed E-state index contributed by atoms with van der Waals surface area (Å²) in [5, 5.41) is 20.9. The molecule has 3 aromatic carbocycles. The van der Waals surface area contributed by atoms with Gasteiger partial charge in [-0.25, -0.2) is 4.79 Å². The number of rotatable bonds is 14. The van der Waals surface area contributed by atoms with Crippen LogP contribution in [-0.2, 0) is 22.4 Å². The normalized spacial score (nSPS) is 14.3. The Labute approximate surface area is 336 Å². The Hall–Kier alpha value is -4.81. The summed E-state index contributed by atoms with van der Waals surface area (Å²) in [4.78, 5) is 29.7. The zero-order valence-electron chi connectivity index (χ0n) is 32.8. The van der Waals surface area contributed by atoms with Gasteiger partial charge in [0.05, 0.1) is 53.9 Å². The number of hydrogen-bond donors (Lipinski definition) is 2. The Morgan fingerprint density at radius 3 is 2.39 bits per heavy atom. The number of halogens is 2. The van der Waals surface area contributed by atoms with Gasteiger partial charge in [0.2, 0.25) is 0 Å². The van der Waals surface area contributed by atoms with Gasteiger partial charge in [0.1, 0.15) is 17.1 Å². The van der Waals surface area contributed by atoms with Gasteiger partial charge in [0.25, 0.3) is 5.91 Å². The summed E-state index contributed by atoms with van der Waals surface area (Å²) < 4.78 is 21.0. The number of methoxy groups -OCH3 is 1. The third-order valence-corrected chi connectivity index (χ3v) is 11.6. The number of carbonyl (C=O) groups excluding carboxylic acids is 1. The summed E-state index contributed by atoms with van der Waals surface area (Å²) in [5.74, 6) is -0.474. The first-order chi connectivity index (χ1) is 26.8. The van der Waals surface area contributed by atoms with Crippen molar-refractivity contribution in [1.29, 1.82) is 0 Å². The number of aromatic amines is 1. The molecule has 1 amide bonds. The summed E-state index contributed by atoms with van der Waals surface area (Å²) >= 11 is 13.5. The van der Waals surface area contributed by atoms with Crippen molar-refractivity contribution in [1.82, 2.24) is 19.3 Å². The number of amides is 1. The SMILES string of the molecule is COCCOCCn1c(C(=O)O)cc2cc(C)cc(N3C[C@@H](C)n4c(c(CCCOc5cc(C)c(Cl)c(C)c5)c5ccc(Cl)c(-c6c(C)n[nH]c6C)c54)C3=O)c21. The monoisotopic (exact) mass is 799 g/mol. The number of carbonyl (C=O) groups is 2. The lowest BCUT2D eigenvalue weighted by molar-refractivity contribution is 0.0632. The summed E-state index contributed by atoms with van der Waals surface area (Å²) in [6.45, 7) is 14.1. The number of carboxylic acid groups (broad SMARTS) is 1. The maximum absolute atomic E-state index is 15.3. The number of aryl methyl sites for hydroxylation is 6. The number of benzene rings is 3. The van der Waals surface area contributed by atoms with Crippen molar-refractivity contribution >= 4 is 62.6 Å². The molecule has 1 atom stereocenters. The topological polar surface area (TPSA) is 124 Å². The van der Waals surface area contributed by atoms with E-state index >= 15 is 4.79 Å². The van der Waals surface area contributed by atoms with Crippen LogP contribution >= 0.6 is 23.2 Å². The van der Waals surface area contributed by atoms with Gasteiger partial charge in [-0.05, 0) is 113 Å². The van der Waals surface area contributed by atoms with Gasteiger partial charge in [-0.2, -0.15) is 5.10 Å². The average Bonchev–Trinajstić information content (AvgIpc) is 3.81. The van der Waals surface area contributed by atoms with Crippen molar-refractivity contribution in [2.24, 2.45) is 0 Å². The van der Waals surface area contributed by atoms with Crippen LogP contribution in [0.3, 0.4) is 0 Å². The fourth-order valence-corrected chi connectivity index (χ4v) is 8.63. The molecule has 1 aliphatic rings. The molecular formula is C43H47Cl2N5O6. The zero-order valence-corrected chi connectivity index (χ0v) is 34.3. The number of nitrogens with zero attached hydrogens (tertiary/aromatic N) is 4. The van der Waals surface area contributed by atoms with E-state index in [1.54, 1.807) is 17.7 Å². The van der Waals surface area contributed by atoms with Crippen LogP contribution < -0.4 is 9.64 Å². The molecule has 7 rings (SSSR count). The molecule has 294 valence electrons. The van der Waals surface area contributed by atoms with Crippen LogP contribution in [0, 0.1) is 34.6 Å². The molecule has 0 aliphatic carbocycles. The second-order valence-corrected chi connectivity index (χ2v) is 15.5. The number of fused-ring (bicyclic) bond motifs is 4. The Kier molecular flexibility index (Phi) is 11.2. The van der Waals surface area contributed by atoms with Crippen LogP contribution in [-0.4, -0.2) is 76.4 Å². The number of carboxylic acids is 1. The van der Waals surface area contributed by atoms with E-state index in [0.29, 0.717) is 61.1 Å². The van der Waals surface area contributed by atoms with Gasteiger partial charge in [0, 0.05) is 58.9 Å². The highest BCUT2D eigenvalue weighted by Crippen LogP contribution is 2.45. The number of nitrogens with one attached hydrogen (secondary N) is 1. The molecule has 0 unspecified atom stereocenters. The Morgan fingerprint density at radius 1 is 0.964 bits per heavy atom. The lowest BCUT2D eigenvalue weighted by Gasteiger charge is -2.35. The minimum absolute atomic E-state index is 0.130. The van der Waals surface area contributed by atoms with Crippen LogP contribution in [0.4, 0.5) is 5.69 Å². The van der Waals surface area contributed by atoms with Crippen LogP contribution in [0.5, 0.6) is 5.75 Å². The Morgan fingerprint density at radius 2 is 1.71 bits per heavy atom. The second-order valence-electron chi connectivity index (χ2n) is 14.7. The molecule has 11 nitrogen and oxygen atoms in total. The molecule has 0 fully saturated rings. The standard InChI is InChI=1S/C43H47Cl2N5O6/c1-23-17-29-21-35(43(52)53)48(12-14-55-16-15-54-7)39(29)34(18-23)49-22-26(4)50-40-32(10-11-33(44)37(40)36-27(5)46-47-28(36)6)31(41(50)42(49)51)9-8-13-56-30-19-24(2)38(45)25(3)20-30/h10-11,17-21,26H,8-9,12-16,22H2,1-7H3,(H,46,47)(H,52,53)/t26-/m1/s1. The van der Waals surface area contributed by atoms with Gasteiger partial charge in [0.15, 0.2) is 0 Å².